The summed E-state index contributed by atoms with van der Waals surface area (Å²) in [7, 11) is 0. The Balaban J connectivity index is 1.97. The van der Waals surface area contributed by atoms with E-state index in [0.29, 0.717) is 17.7 Å². The molecular weight excluding hydrogens is 350 g/mol. The van der Waals surface area contributed by atoms with E-state index in [-0.39, 0.29) is 5.56 Å². The van der Waals surface area contributed by atoms with Crippen LogP contribution >= 0.6 is 0 Å². The van der Waals surface area contributed by atoms with E-state index in [1.807, 2.05) is 33.3 Å². The summed E-state index contributed by atoms with van der Waals surface area (Å²) in [6, 6.07) is 11.6. The zero-order valence-corrected chi connectivity index (χ0v) is 16.4. The Hall–Kier alpha value is -3.15. The molecule has 0 unspecified atom stereocenters. The number of aryl methyl sites for hydroxylation is 2. The summed E-state index contributed by atoms with van der Waals surface area (Å²) in [5.74, 6) is 0.488. The molecule has 0 aliphatic carbocycles. The van der Waals surface area contributed by atoms with E-state index in [9.17, 15) is 4.79 Å². The van der Waals surface area contributed by atoms with Crippen molar-refractivity contribution in [2.45, 2.75) is 46.1 Å². The summed E-state index contributed by atoms with van der Waals surface area (Å²) in [6.07, 6.45) is 5.77. The van der Waals surface area contributed by atoms with Gasteiger partial charge in [0.05, 0.1) is 16.6 Å². The normalized spacial score (nSPS) is 11.5. The Morgan fingerprint density at radius 2 is 1.86 bits per heavy atom. The third kappa shape index (κ3) is 3.15. The molecule has 6 nitrogen and oxygen atoms in total. The summed E-state index contributed by atoms with van der Waals surface area (Å²) in [5.41, 5.74) is 10.4. The van der Waals surface area contributed by atoms with Crippen molar-refractivity contribution in [3.63, 3.8) is 0 Å². The summed E-state index contributed by atoms with van der Waals surface area (Å²) in [5, 5.41) is 5.51. The zero-order chi connectivity index (χ0) is 19.7. The minimum atomic E-state index is 0.0354. The molecule has 0 saturated heterocycles. The number of fused-ring (bicyclic) bond motifs is 3. The van der Waals surface area contributed by atoms with Gasteiger partial charge in [0.1, 0.15) is 11.5 Å². The van der Waals surface area contributed by atoms with Gasteiger partial charge in [0.2, 0.25) is 0 Å². The van der Waals surface area contributed by atoms with Crippen molar-refractivity contribution in [2.75, 3.05) is 5.73 Å². The first kappa shape index (κ1) is 18.2. The minimum absolute atomic E-state index is 0.0354. The number of unbranched alkanes of at least 4 members (excludes halogenated alkanes) is 1. The zero-order valence-electron chi connectivity index (χ0n) is 16.4. The topological polar surface area (TPSA) is 78.2 Å². The Morgan fingerprint density at radius 3 is 2.57 bits per heavy atom. The number of aromatic nitrogens is 4. The molecule has 0 bridgehead atoms. The number of anilines is 1. The van der Waals surface area contributed by atoms with Gasteiger partial charge in [-0.3, -0.25) is 9.36 Å². The third-order valence-electron chi connectivity index (χ3n) is 5.07. The number of hydrogen-bond acceptors (Lipinski definition) is 4. The number of nitrogens with zero attached hydrogens (tertiary/aromatic N) is 4. The minimum Gasteiger partial charge on any atom is -0.384 e. The molecule has 6 heteroatoms. The molecule has 0 saturated carbocycles. The maximum absolute atomic E-state index is 13.1. The quantitative estimate of drug-likeness (QED) is 0.551. The van der Waals surface area contributed by atoms with Crippen LogP contribution in [0.25, 0.3) is 27.7 Å². The van der Waals surface area contributed by atoms with Crippen LogP contribution in [0.15, 0.2) is 47.4 Å². The van der Waals surface area contributed by atoms with Crippen molar-refractivity contribution >= 4 is 22.4 Å². The molecule has 0 aliphatic heterocycles. The SMILES string of the molecule is CCCCc1cc2n(CCC)c(=O)c3ccc(-c4ccc(N)nc4)cc3n2n1. The molecule has 0 amide bonds. The van der Waals surface area contributed by atoms with Gasteiger partial charge in [-0.15, -0.1) is 0 Å². The van der Waals surface area contributed by atoms with Crippen LogP contribution in [0.4, 0.5) is 5.82 Å². The molecule has 0 aliphatic rings. The van der Waals surface area contributed by atoms with Crippen LogP contribution in [0.2, 0.25) is 0 Å². The molecule has 4 rings (SSSR count). The number of benzene rings is 1. The Bertz CT molecular complexity index is 1190. The smallest absolute Gasteiger partial charge is 0.261 e. The van der Waals surface area contributed by atoms with Gasteiger partial charge in [0.25, 0.3) is 5.56 Å². The number of rotatable bonds is 6. The maximum atomic E-state index is 13.1. The lowest BCUT2D eigenvalue weighted by atomic mass is 10.1. The van der Waals surface area contributed by atoms with Crippen molar-refractivity contribution in [1.29, 1.82) is 0 Å². The standard InChI is InChI=1S/C22H25N5O/c1-3-5-6-17-13-21-26(11-4-2)22(28)18-9-7-15(12-19(18)27(21)25-17)16-8-10-20(23)24-14-16/h7-10,12-14H,3-6,11H2,1-2H3,(H2,23,24). The predicted molar refractivity (Wildman–Crippen MR) is 114 cm³/mol. The molecule has 28 heavy (non-hydrogen) atoms. The number of nitrogen functional groups attached to an aromatic ring is 1. The molecule has 2 N–H and O–H groups in total. The molecule has 4 aromatic rings. The van der Waals surface area contributed by atoms with Crippen molar-refractivity contribution in [3.05, 3.63) is 58.6 Å². The first-order chi connectivity index (χ1) is 13.6. The maximum Gasteiger partial charge on any atom is 0.261 e. The highest BCUT2D eigenvalue weighted by Crippen LogP contribution is 2.24. The van der Waals surface area contributed by atoms with E-state index in [1.54, 1.807) is 12.3 Å². The average molecular weight is 375 g/mol. The predicted octanol–water partition coefficient (Wildman–Crippen LogP) is 4.05. The number of hydrogen-bond donors (Lipinski definition) is 1. The van der Waals surface area contributed by atoms with Crippen LogP contribution in [0.5, 0.6) is 0 Å². The van der Waals surface area contributed by atoms with Crippen LogP contribution < -0.4 is 11.3 Å². The van der Waals surface area contributed by atoms with Gasteiger partial charge in [-0.05, 0) is 49.1 Å². The second-order valence-electron chi connectivity index (χ2n) is 7.17. The van der Waals surface area contributed by atoms with E-state index in [4.69, 9.17) is 10.8 Å². The molecule has 1 aromatic carbocycles. The Morgan fingerprint density at radius 1 is 1.04 bits per heavy atom. The van der Waals surface area contributed by atoms with E-state index in [2.05, 4.69) is 24.9 Å². The van der Waals surface area contributed by atoms with Crippen LogP contribution in [0.1, 0.15) is 38.8 Å². The molecule has 0 atom stereocenters. The molecule has 0 fully saturated rings. The van der Waals surface area contributed by atoms with E-state index in [0.717, 1.165) is 53.7 Å². The molecule has 0 spiro atoms. The van der Waals surface area contributed by atoms with Gasteiger partial charge >= 0.3 is 0 Å². The lowest BCUT2D eigenvalue weighted by Gasteiger charge is -2.11. The Kier molecular flexibility index (Phi) is 4.86. The summed E-state index contributed by atoms with van der Waals surface area (Å²) < 4.78 is 3.76. The largest absolute Gasteiger partial charge is 0.384 e. The van der Waals surface area contributed by atoms with Gasteiger partial charge in [-0.25, -0.2) is 9.50 Å². The van der Waals surface area contributed by atoms with Crippen LogP contribution in [-0.2, 0) is 13.0 Å². The second-order valence-corrected chi connectivity index (χ2v) is 7.17. The lowest BCUT2D eigenvalue weighted by molar-refractivity contribution is 0.665. The van der Waals surface area contributed by atoms with Gasteiger partial charge < -0.3 is 5.73 Å². The number of nitrogens with two attached hydrogens (primary N) is 1. The first-order valence-electron chi connectivity index (χ1n) is 9.89. The molecule has 0 radical (unpaired) electrons. The van der Waals surface area contributed by atoms with Gasteiger partial charge in [0.15, 0.2) is 0 Å². The van der Waals surface area contributed by atoms with Gasteiger partial charge in [-0.2, -0.15) is 5.10 Å². The first-order valence-corrected chi connectivity index (χ1v) is 9.89. The Labute approximate surface area is 163 Å². The van der Waals surface area contributed by atoms with Gasteiger partial charge in [-0.1, -0.05) is 26.3 Å². The highest BCUT2D eigenvalue weighted by molar-refractivity contribution is 5.85. The summed E-state index contributed by atoms with van der Waals surface area (Å²) >= 11 is 0. The molecule has 3 heterocycles. The molecule has 3 aromatic heterocycles. The van der Waals surface area contributed by atoms with Crippen molar-refractivity contribution in [3.8, 4) is 11.1 Å². The molecular formula is C22H25N5O. The fraction of sp³-hybridized carbons (Fsp3) is 0.318. The van der Waals surface area contributed by atoms with E-state index in [1.165, 1.54) is 0 Å². The third-order valence-corrected chi connectivity index (χ3v) is 5.07. The van der Waals surface area contributed by atoms with Crippen LogP contribution in [-0.4, -0.2) is 19.2 Å². The monoisotopic (exact) mass is 375 g/mol. The lowest BCUT2D eigenvalue weighted by Crippen LogP contribution is -2.22. The number of pyridine rings is 1. The van der Waals surface area contributed by atoms with Gasteiger partial charge in [0, 0.05) is 24.4 Å². The fourth-order valence-electron chi connectivity index (χ4n) is 3.60. The average Bonchev–Trinajstić information content (AvgIpc) is 3.14. The summed E-state index contributed by atoms with van der Waals surface area (Å²) in [6.45, 7) is 4.94. The van der Waals surface area contributed by atoms with Crippen LogP contribution in [0.3, 0.4) is 0 Å². The summed E-state index contributed by atoms with van der Waals surface area (Å²) in [4.78, 5) is 17.3. The second kappa shape index (κ2) is 7.46. The van der Waals surface area contributed by atoms with Crippen molar-refractivity contribution in [2.24, 2.45) is 0 Å². The highest BCUT2D eigenvalue weighted by atomic mass is 16.1. The van der Waals surface area contributed by atoms with E-state index >= 15 is 0 Å². The molecule has 144 valence electrons. The highest BCUT2D eigenvalue weighted by Gasteiger charge is 2.14. The van der Waals surface area contributed by atoms with Crippen molar-refractivity contribution < 1.29 is 0 Å². The van der Waals surface area contributed by atoms with E-state index < -0.39 is 0 Å². The van der Waals surface area contributed by atoms with Crippen molar-refractivity contribution in [1.82, 2.24) is 19.2 Å². The van der Waals surface area contributed by atoms with Crippen LogP contribution in [0, 0.1) is 0 Å². The fourth-order valence-corrected chi connectivity index (χ4v) is 3.60.